The molecule has 5 heteroatoms. The molecule has 0 radical (unpaired) electrons. The molecule has 0 aromatic heterocycles. The monoisotopic (exact) mass is 466 g/mol. The second kappa shape index (κ2) is 8.65. The van der Waals surface area contributed by atoms with Crippen molar-refractivity contribution in [3.63, 3.8) is 0 Å². The lowest BCUT2D eigenvalue weighted by Crippen LogP contribution is -2.10. The van der Waals surface area contributed by atoms with Gasteiger partial charge < -0.3 is 9.47 Å². The van der Waals surface area contributed by atoms with Gasteiger partial charge in [0.2, 0.25) is 5.78 Å². The molecule has 32 heavy (non-hydrogen) atoms. The number of rotatable bonds is 4. The fourth-order valence-electron chi connectivity index (χ4n) is 3.59. The molecule has 1 aliphatic rings. The van der Waals surface area contributed by atoms with Gasteiger partial charge in [-0.25, -0.2) is 0 Å². The molecule has 164 valence electrons. The van der Waals surface area contributed by atoms with E-state index in [0.29, 0.717) is 32.9 Å². The molecule has 0 unspecified atom stereocenters. The van der Waals surface area contributed by atoms with E-state index in [-0.39, 0.29) is 17.8 Å². The normalized spacial score (nSPS) is 14.4. The van der Waals surface area contributed by atoms with E-state index in [9.17, 15) is 4.79 Å². The van der Waals surface area contributed by atoms with Crippen molar-refractivity contribution in [3.05, 3.63) is 98.2 Å². The van der Waals surface area contributed by atoms with Gasteiger partial charge in [-0.1, -0.05) is 74.3 Å². The lowest BCUT2D eigenvalue weighted by Gasteiger charge is -2.18. The minimum atomic E-state index is -0.121. The number of aryl methyl sites for hydroxylation is 1. The summed E-state index contributed by atoms with van der Waals surface area (Å²) in [6.07, 6.45) is 1.78. The molecule has 0 aliphatic carbocycles. The summed E-state index contributed by atoms with van der Waals surface area (Å²) in [6, 6.07) is 17.0. The number of ketones is 1. The van der Waals surface area contributed by atoms with Gasteiger partial charge in [0.1, 0.15) is 18.1 Å². The molecule has 1 aliphatic heterocycles. The van der Waals surface area contributed by atoms with Gasteiger partial charge in [0, 0.05) is 21.7 Å². The summed E-state index contributed by atoms with van der Waals surface area (Å²) in [7, 11) is 0. The second-order valence-corrected chi connectivity index (χ2v) is 9.79. The number of halogens is 2. The number of Topliss-reactive ketones (excluding diaryl/α,β-unsaturated/α-hetero) is 1. The Balaban J connectivity index is 1.54. The Morgan fingerprint density at radius 1 is 1.00 bits per heavy atom. The number of hydrogen-bond acceptors (Lipinski definition) is 3. The number of ether oxygens (including phenoxy) is 2. The lowest BCUT2D eigenvalue weighted by atomic mass is 9.86. The first-order chi connectivity index (χ1) is 15.1. The van der Waals surface area contributed by atoms with Gasteiger partial charge in [-0.05, 0) is 53.3 Å². The third-order valence-electron chi connectivity index (χ3n) is 5.43. The summed E-state index contributed by atoms with van der Waals surface area (Å²) in [5.74, 6) is 1.30. The summed E-state index contributed by atoms with van der Waals surface area (Å²) in [6.45, 7) is 8.67. The summed E-state index contributed by atoms with van der Waals surface area (Å²) in [5, 5.41) is 1.12. The molecule has 3 aromatic carbocycles. The number of carbonyl (C=O) groups excluding carboxylic acids is 1. The number of benzene rings is 3. The third kappa shape index (κ3) is 4.69. The Morgan fingerprint density at radius 2 is 1.72 bits per heavy atom. The first-order valence-corrected chi connectivity index (χ1v) is 11.1. The van der Waals surface area contributed by atoms with Crippen molar-refractivity contribution in [2.24, 2.45) is 0 Å². The highest BCUT2D eigenvalue weighted by molar-refractivity contribution is 6.35. The minimum absolute atomic E-state index is 0.0747. The zero-order chi connectivity index (χ0) is 23.0. The Bertz CT molecular complexity index is 1220. The van der Waals surface area contributed by atoms with Crippen molar-refractivity contribution in [3.8, 4) is 11.5 Å². The van der Waals surface area contributed by atoms with Crippen molar-refractivity contribution < 1.29 is 14.3 Å². The van der Waals surface area contributed by atoms with Gasteiger partial charge in [0.05, 0.1) is 5.56 Å². The van der Waals surface area contributed by atoms with Gasteiger partial charge >= 0.3 is 0 Å². The van der Waals surface area contributed by atoms with E-state index in [0.717, 1.165) is 16.7 Å². The van der Waals surface area contributed by atoms with Crippen molar-refractivity contribution in [1.82, 2.24) is 0 Å². The SMILES string of the molecule is Cc1cc(OCc2ccc(Cl)cc2Cl)cc2c1C(=O)/C(=C/c1ccc(C(C)(C)C)cc1)O2. The van der Waals surface area contributed by atoms with Crippen molar-refractivity contribution >= 4 is 35.1 Å². The van der Waals surface area contributed by atoms with E-state index in [4.69, 9.17) is 32.7 Å². The zero-order valence-electron chi connectivity index (χ0n) is 18.5. The summed E-state index contributed by atoms with van der Waals surface area (Å²) < 4.78 is 11.8. The summed E-state index contributed by atoms with van der Waals surface area (Å²) >= 11 is 12.2. The first-order valence-electron chi connectivity index (χ1n) is 10.4. The maximum atomic E-state index is 13.0. The molecular weight excluding hydrogens is 443 g/mol. The molecule has 0 fully saturated rings. The highest BCUT2D eigenvalue weighted by Crippen LogP contribution is 2.38. The largest absolute Gasteiger partial charge is 0.489 e. The number of hydrogen-bond donors (Lipinski definition) is 0. The lowest BCUT2D eigenvalue weighted by molar-refractivity contribution is 0.101. The average molecular weight is 467 g/mol. The van der Waals surface area contributed by atoms with Crippen LogP contribution in [0.2, 0.25) is 10.0 Å². The van der Waals surface area contributed by atoms with Gasteiger partial charge in [-0.15, -0.1) is 0 Å². The molecule has 0 saturated carbocycles. The van der Waals surface area contributed by atoms with Crippen LogP contribution < -0.4 is 9.47 Å². The molecule has 1 heterocycles. The molecule has 3 aromatic rings. The van der Waals surface area contributed by atoms with Crippen LogP contribution in [0.5, 0.6) is 11.5 Å². The van der Waals surface area contributed by atoms with Crippen LogP contribution in [0.15, 0.2) is 60.4 Å². The summed E-state index contributed by atoms with van der Waals surface area (Å²) in [5.41, 5.74) is 4.42. The van der Waals surface area contributed by atoms with E-state index in [1.165, 1.54) is 5.56 Å². The Morgan fingerprint density at radius 3 is 2.38 bits per heavy atom. The molecule has 3 nitrogen and oxygen atoms in total. The predicted molar refractivity (Wildman–Crippen MR) is 130 cm³/mol. The fourth-order valence-corrected chi connectivity index (χ4v) is 4.05. The Kier molecular flexibility index (Phi) is 6.07. The van der Waals surface area contributed by atoms with E-state index in [2.05, 4.69) is 32.9 Å². The van der Waals surface area contributed by atoms with Crippen LogP contribution in [0, 0.1) is 6.92 Å². The smallest absolute Gasteiger partial charge is 0.232 e. The molecule has 0 amide bonds. The Labute approximate surface area is 198 Å². The molecule has 0 N–H and O–H groups in total. The molecule has 0 bridgehead atoms. The van der Waals surface area contributed by atoms with Gasteiger partial charge in [-0.3, -0.25) is 4.79 Å². The van der Waals surface area contributed by atoms with Gasteiger partial charge in [0.15, 0.2) is 5.76 Å². The maximum absolute atomic E-state index is 13.0. The number of allylic oxidation sites excluding steroid dienone is 1. The topological polar surface area (TPSA) is 35.5 Å². The number of carbonyl (C=O) groups is 1. The second-order valence-electron chi connectivity index (χ2n) is 8.95. The molecule has 0 spiro atoms. The van der Waals surface area contributed by atoms with E-state index in [1.54, 1.807) is 24.3 Å². The van der Waals surface area contributed by atoms with Gasteiger partial charge in [-0.2, -0.15) is 0 Å². The maximum Gasteiger partial charge on any atom is 0.232 e. The van der Waals surface area contributed by atoms with Crippen LogP contribution >= 0.6 is 23.2 Å². The van der Waals surface area contributed by atoms with Gasteiger partial charge in [0.25, 0.3) is 0 Å². The quantitative estimate of drug-likeness (QED) is 0.368. The molecule has 4 rings (SSSR count). The zero-order valence-corrected chi connectivity index (χ0v) is 20.0. The fraction of sp³-hybridized carbons (Fsp3) is 0.222. The van der Waals surface area contributed by atoms with E-state index in [1.807, 2.05) is 31.2 Å². The van der Waals surface area contributed by atoms with Crippen LogP contribution in [0.25, 0.3) is 6.08 Å². The van der Waals surface area contributed by atoms with Crippen molar-refractivity contribution in [2.75, 3.05) is 0 Å². The molecular formula is C27H24Cl2O3. The predicted octanol–water partition coefficient (Wildman–Crippen LogP) is 7.79. The van der Waals surface area contributed by atoms with Crippen molar-refractivity contribution in [1.29, 1.82) is 0 Å². The first kappa shape index (κ1) is 22.4. The minimum Gasteiger partial charge on any atom is -0.489 e. The van der Waals surface area contributed by atoms with Crippen LogP contribution in [0.3, 0.4) is 0 Å². The van der Waals surface area contributed by atoms with E-state index < -0.39 is 0 Å². The number of fused-ring (bicyclic) bond motifs is 1. The Hall–Kier alpha value is -2.75. The van der Waals surface area contributed by atoms with E-state index >= 15 is 0 Å². The standard InChI is InChI=1S/C27H24Cl2O3/c1-16-11-21(31-15-18-7-10-20(28)13-22(18)29)14-23-25(16)26(30)24(32-23)12-17-5-8-19(9-6-17)27(2,3)4/h5-14H,15H2,1-4H3/b24-12-. The molecule has 0 atom stereocenters. The average Bonchev–Trinajstić information content (AvgIpc) is 3.02. The highest BCUT2D eigenvalue weighted by Gasteiger charge is 2.30. The van der Waals surface area contributed by atoms with Crippen LogP contribution in [-0.4, -0.2) is 5.78 Å². The van der Waals surface area contributed by atoms with Crippen LogP contribution in [0.4, 0.5) is 0 Å². The highest BCUT2D eigenvalue weighted by atomic mass is 35.5. The van der Waals surface area contributed by atoms with Crippen molar-refractivity contribution in [2.45, 2.75) is 39.7 Å². The van der Waals surface area contributed by atoms with Crippen LogP contribution in [0.1, 0.15) is 53.4 Å². The molecule has 0 saturated heterocycles. The summed E-state index contributed by atoms with van der Waals surface area (Å²) in [4.78, 5) is 13.0. The van der Waals surface area contributed by atoms with Crippen LogP contribution in [-0.2, 0) is 12.0 Å². The third-order valence-corrected chi connectivity index (χ3v) is 6.01.